The van der Waals surface area contributed by atoms with E-state index in [1.165, 1.54) is 0 Å². The molecule has 4 heteroatoms. The maximum atomic E-state index is 12.5. The van der Waals surface area contributed by atoms with Crippen molar-refractivity contribution in [1.29, 1.82) is 0 Å². The molecule has 21 heavy (non-hydrogen) atoms. The van der Waals surface area contributed by atoms with Crippen molar-refractivity contribution in [3.05, 3.63) is 18.6 Å². The van der Waals surface area contributed by atoms with Crippen LogP contribution in [0.15, 0.2) is 12.2 Å². The Balaban J connectivity index is 2.76. The number of carbonyl (C=O) groups is 2. The smallest absolute Gasteiger partial charge is 0.245 e. The lowest BCUT2D eigenvalue weighted by atomic mass is 9.97. The fourth-order valence-corrected chi connectivity index (χ4v) is 2.39. The van der Waals surface area contributed by atoms with Gasteiger partial charge in [0.05, 0.1) is 0 Å². The Hall–Kier alpha value is -1.32. The molecule has 1 heterocycles. The van der Waals surface area contributed by atoms with Crippen molar-refractivity contribution >= 4 is 11.8 Å². The molecule has 1 aliphatic rings. The number of hydrogen-bond acceptors (Lipinski definition) is 2. The van der Waals surface area contributed by atoms with Gasteiger partial charge in [-0.15, -0.1) is 0 Å². The van der Waals surface area contributed by atoms with Crippen molar-refractivity contribution in [1.82, 2.24) is 10.2 Å². The van der Waals surface area contributed by atoms with Crippen LogP contribution in [0.1, 0.15) is 52.4 Å². The van der Waals surface area contributed by atoms with Crippen molar-refractivity contribution in [3.63, 3.8) is 0 Å². The molecule has 1 aliphatic heterocycles. The molecule has 1 rings (SSSR count). The maximum Gasteiger partial charge on any atom is 0.245 e. The van der Waals surface area contributed by atoms with E-state index >= 15 is 0 Å². The monoisotopic (exact) mass is 293 g/mol. The van der Waals surface area contributed by atoms with Crippen LogP contribution in [-0.4, -0.2) is 36.3 Å². The summed E-state index contributed by atoms with van der Waals surface area (Å²) in [5.74, 6) is 0.0420. The number of hydrogen-bond donors (Lipinski definition) is 1. The molecule has 0 saturated carbocycles. The van der Waals surface area contributed by atoms with Crippen LogP contribution in [0.3, 0.4) is 0 Å². The first kappa shape index (κ1) is 17.7. The van der Waals surface area contributed by atoms with Crippen molar-refractivity contribution in [2.75, 3.05) is 13.6 Å². The Morgan fingerprint density at radius 2 is 1.90 bits per heavy atom. The first-order valence-corrected chi connectivity index (χ1v) is 8.10. The average molecular weight is 293 g/mol. The van der Waals surface area contributed by atoms with Crippen molar-refractivity contribution in [3.8, 4) is 0 Å². The van der Waals surface area contributed by atoms with Gasteiger partial charge in [0.25, 0.3) is 0 Å². The van der Waals surface area contributed by atoms with Gasteiger partial charge in [-0.3, -0.25) is 9.59 Å². The summed E-state index contributed by atoms with van der Waals surface area (Å²) < 4.78 is 0. The van der Waals surface area contributed by atoms with E-state index in [4.69, 9.17) is 0 Å². The van der Waals surface area contributed by atoms with Crippen molar-refractivity contribution in [2.24, 2.45) is 5.92 Å². The number of amides is 2. The highest BCUT2D eigenvalue weighted by atomic mass is 16.2. The summed E-state index contributed by atoms with van der Waals surface area (Å²) in [7, 11) is 1.82. The quantitative estimate of drug-likeness (QED) is 0.796. The van der Waals surface area contributed by atoms with Crippen LogP contribution in [0.5, 0.6) is 0 Å². The molecule has 1 unspecified atom stereocenters. The van der Waals surface area contributed by atoms with E-state index < -0.39 is 6.04 Å². The molecule has 0 aromatic rings. The second-order valence-electron chi connectivity index (χ2n) is 5.88. The van der Waals surface area contributed by atoms with Gasteiger partial charge in [0.15, 0.2) is 0 Å². The lowest BCUT2D eigenvalue weighted by Crippen LogP contribution is -2.51. The van der Waals surface area contributed by atoms with Crippen LogP contribution >= 0.6 is 0 Å². The van der Waals surface area contributed by atoms with Crippen LogP contribution in [0, 0.1) is 12.3 Å². The Kier molecular flexibility index (Phi) is 8.09. The molecule has 0 spiro atoms. The van der Waals surface area contributed by atoms with Crippen molar-refractivity contribution in [2.45, 2.75) is 58.4 Å². The molecule has 0 saturated heterocycles. The molecule has 119 valence electrons. The van der Waals surface area contributed by atoms with Crippen LogP contribution in [0.4, 0.5) is 0 Å². The molecule has 0 aromatic carbocycles. The number of allylic oxidation sites excluding steroid dienone is 2. The Morgan fingerprint density at radius 1 is 1.24 bits per heavy atom. The molecule has 1 radical (unpaired) electrons. The molecule has 1 N–H and O–H groups in total. The van der Waals surface area contributed by atoms with E-state index in [0.29, 0.717) is 0 Å². The minimum absolute atomic E-state index is 0.0205. The third-order valence-electron chi connectivity index (χ3n) is 4.09. The van der Waals surface area contributed by atoms with E-state index in [1.54, 1.807) is 11.3 Å². The molecule has 0 aromatic heterocycles. The van der Waals surface area contributed by atoms with Crippen LogP contribution in [0.2, 0.25) is 0 Å². The summed E-state index contributed by atoms with van der Waals surface area (Å²) in [6.07, 6.45) is 11.6. The Bertz CT molecular complexity index is 366. The summed E-state index contributed by atoms with van der Waals surface area (Å²) >= 11 is 0. The molecular weight excluding hydrogens is 264 g/mol. The van der Waals surface area contributed by atoms with Crippen molar-refractivity contribution < 1.29 is 9.59 Å². The molecule has 0 bridgehead atoms. The van der Waals surface area contributed by atoms with Gasteiger partial charge >= 0.3 is 0 Å². The van der Waals surface area contributed by atoms with E-state index in [1.807, 2.05) is 20.9 Å². The molecule has 2 atom stereocenters. The first-order valence-electron chi connectivity index (χ1n) is 8.10. The SMILES string of the molecule is CC[C@H](C)C1NC(=O)[CH]CCCC=CCCCN(C)C1=O. The normalized spacial score (nSPS) is 24.3. The summed E-state index contributed by atoms with van der Waals surface area (Å²) in [5, 5.41) is 2.90. The zero-order valence-corrected chi connectivity index (χ0v) is 13.6. The van der Waals surface area contributed by atoms with Gasteiger partial charge in [0.2, 0.25) is 11.8 Å². The fourth-order valence-electron chi connectivity index (χ4n) is 2.39. The highest BCUT2D eigenvalue weighted by molar-refractivity contribution is 5.91. The minimum atomic E-state index is -0.415. The number of nitrogens with zero attached hydrogens (tertiary/aromatic N) is 1. The lowest BCUT2D eigenvalue weighted by Gasteiger charge is -2.28. The fraction of sp³-hybridized carbons (Fsp3) is 0.706. The predicted molar refractivity (Wildman–Crippen MR) is 85.5 cm³/mol. The topological polar surface area (TPSA) is 49.4 Å². The largest absolute Gasteiger partial charge is 0.344 e. The zero-order valence-electron chi connectivity index (χ0n) is 13.6. The van der Waals surface area contributed by atoms with Gasteiger partial charge in [-0.25, -0.2) is 0 Å². The van der Waals surface area contributed by atoms with Gasteiger partial charge in [-0.2, -0.15) is 0 Å². The van der Waals surface area contributed by atoms with Gasteiger partial charge in [0.1, 0.15) is 6.04 Å². The van der Waals surface area contributed by atoms with Crippen LogP contribution < -0.4 is 5.32 Å². The first-order chi connectivity index (χ1) is 10.1. The van der Waals surface area contributed by atoms with Gasteiger partial charge in [-0.1, -0.05) is 32.4 Å². The van der Waals surface area contributed by atoms with Crippen LogP contribution in [0.25, 0.3) is 0 Å². The molecular formula is C17H29N2O2. The number of likely N-dealkylation sites (N-methyl/N-ethyl adjacent to an activating group) is 1. The maximum absolute atomic E-state index is 12.5. The van der Waals surface area contributed by atoms with E-state index in [9.17, 15) is 9.59 Å². The van der Waals surface area contributed by atoms with Gasteiger partial charge in [0, 0.05) is 20.0 Å². The Morgan fingerprint density at radius 3 is 2.57 bits per heavy atom. The molecule has 4 nitrogen and oxygen atoms in total. The number of rotatable bonds is 2. The summed E-state index contributed by atoms with van der Waals surface area (Å²) in [6, 6.07) is -0.415. The number of nitrogens with one attached hydrogen (secondary N) is 1. The third-order valence-corrected chi connectivity index (χ3v) is 4.09. The number of carbonyl (C=O) groups excluding carboxylic acids is 2. The summed E-state index contributed by atoms with van der Waals surface area (Å²) in [5.41, 5.74) is 0. The Labute approximate surface area is 129 Å². The standard InChI is InChI=1S/C17H29N2O2/c1-4-14(2)16-17(21)19(3)13-11-9-7-5-6-8-10-12-15(20)18-16/h5,7,12,14,16H,4,6,8-11,13H2,1-3H3,(H,18,20)/t14-,16?/m0/s1. The highest BCUT2D eigenvalue weighted by Crippen LogP contribution is 2.12. The minimum Gasteiger partial charge on any atom is -0.344 e. The van der Waals surface area contributed by atoms with E-state index in [-0.39, 0.29) is 17.7 Å². The highest BCUT2D eigenvalue weighted by Gasteiger charge is 2.28. The van der Waals surface area contributed by atoms with Crippen LogP contribution in [-0.2, 0) is 9.59 Å². The molecule has 0 fully saturated rings. The van der Waals surface area contributed by atoms with E-state index in [2.05, 4.69) is 17.5 Å². The molecule has 2 amide bonds. The average Bonchev–Trinajstić information content (AvgIpc) is 2.48. The zero-order chi connectivity index (χ0) is 15.7. The van der Waals surface area contributed by atoms with Gasteiger partial charge < -0.3 is 10.2 Å². The van der Waals surface area contributed by atoms with Gasteiger partial charge in [-0.05, 0) is 38.0 Å². The second kappa shape index (κ2) is 9.59. The molecule has 0 aliphatic carbocycles. The second-order valence-corrected chi connectivity index (χ2v) is 5.88. The predicted octanol–water partition coefficient (Wildman–Crippen LogP) is 2.70. The lowest BCUT2D eigenvalue weighted by molar-refractivity contribution is -0.136. The van der Waals surface area contributed by atoms with E-state index in [0.717, 1.165) is 45.1 Å². The third kappa shape index (κ3) is 6.32. The summed E-state index contributed by atoms with van der Waals surface area (Å²) in [6.45, 7) is 4.79. The summed E-state index contributed by atoms with van der Waals surface area (Å²) in [4.78, 5) is 26.3.